The highest BCUT2D eigenvalue weighted by Gasteiger charge is 2.34. The van der Waals surface area contributed by atoms with Crippen molar-refractivity contribution >= 4 is 105 Å². The largest absolute Gasteiger partial charge is 0.397 e. The number of alkyl halides is 3. The van der Waals surface area contributed by atoms with E-state index in [4.69, 9.17) is 40.5 Å². The minimum atomic E-state index is -1.52. The van der Waals surface area contributed by atoms with Crippen molar-refractivity contribution < 1.29 is 0 Å². The van der Waals surface area contributed by atoms with Crippen LogP contribution in [0, 0.1) is 0 Å². The maximum atomic E-state index is 6.03. The summed E-state index contributed by atoms with van der Waals surface area (Å²) in [6.45, 7) is 1.87. The van der Waals surface area contributed by atoms with Gasteiger partial charge >= 0.3 is 0 Å². The Morgan fingerprint density at radius 1 is 1.03 bits per heavy atom. The first-order valence-corrected chi connectivity index (χ1v) is 13.0. The van der Waals surface area contributed by atoms with Gasteiger partial charge in [0.2, 0.25) is 3.79 Å². The third kappa shape index (κ3) is 4.23. The van der Waals surface area contributed by atoms with Crippen LogP contribution < -0.4 is 11.1 Å². The zero-order valence-corrected chi connectivity index (χ0v) is 22.7. The van der Waals surface area contributed by atoms with Gasteiger partial charge in [0.1, 0.15) is 5.52 Å². The monoisotopic (exact) mass is 656 g/mol. The Morgan fingerprint density at radius 2 is 1.80 bits per heavy atom. The zero-order chi connectivity index (χ0) is 21.6. The molecule has 0 saturated carbocycles. The molecule has 0 amide bonds. The average Bonchev–Trinajstić information content (AvgIpc) is 3.13. The van der Waals surface area contributed by atoms with Crippen molar-refractivity contribution in [3.8, 4) is 0 Å². The number of fused-ring (bicyclic) bond motifs is 1. The fraction of sp³-hybridized carbons (Fsp3) is 0.350. The van der Waals surface area contributed by atoms with E-state index in [-0.39, 0.29) is 0 Å². The lowest BCUT2D eigenvalue weighted by atomic mass is 10.0. The summed E-state index contributed by atoms with van der Waals surface area (Å²) in [5, 5.41) is 3.31. The summed E-state index contributed by atoms with van der Waals surface area (Å²) in [4.78, 5) is 4.53. The van der Waals surface area contributed by atoms with Crippen LogP contribution in [0.5, 0.6) is 0 Å². The number of para-hydroxylation sites is 1. The summed E-state index contributed by atoms with van der Waals surface area (Å²) < 4.78 is 3.32. The molecule has 1 aromatic heterocycles. The summed E-state index contributed by atoms with van der Waals surface area (Å²) in [5.41, 5.74) is 12.2. The molecule has 3 heterocycles. The lowest BCUT2D eigenvalue weighted by molar-refractivity contribution is 0.606. The average molecular weight is 660 g/mol. The molecule has 2 aliphatic rings. The predicted molar refractivity (Wildman–Crippen MR) is 138 cm³/mol. The van der Waals surface area contributed by atoms with Crippen LogP contribution in [0.1, 0.15) is 29.8 Å². The first-order chi connectivity index (χ1) is 14.2. The fourth-order valence-corrected chi connectivity index (χ4v) is 6.15. The molecule has 2 aromatic carbocycles. The van der Waals surface area contributed by atoms with Crippen LogP contribution in [0.25, 0.3) is 11.0 Å². The molecule has 0 saturated heterocycles. The van der Waals surface area contributed by atoms with Crippen LogP contribution in [0.2, 0.25) is 0 Å². The van der Waals surface area contributed by atoms with Crippen LogP contribution in [-0.2, 0) is 23.2 Å². The topological polar surface area (TPSA) is 55.9 Å². The highest BCUT2D eigenvalue weighted by atomic mass is 79.9. The molecular weight excluding hydrogens is 642 g/mol. The molecule has 0 atom stereocenters. The van der Waals surface area contributed by atoms with Crippen molar-refractivity contribution in [1.29, 1.82) is 0 Å². The first kappa shape index (κ1) is 23.0. The third-order valence-electron chi connectivity index (χ3n) is 5.28. The molecule has 3 N–H and O–H groups in total. The molecule has 3 aromatic rings. The van der Waals surface area contributed by atoms with Crippen LogP contribution in [0.4, 0.5) is 11.4 Å². The van der Waals surface area contributed by atoms with Gasteiger partial charge in [0.25, 0.3) is 0 Å². The molecule has 30 heavy (non-hydrogen) atoms. The van der Waals surface area contributed by atoms with E-state index in [2.05, 4.69) is 64.2 Å². The Labute approximate surface area is 215 Å². The lowest BCUT2D eigenvalue weighted by Gasteiger charge is -2.20. The van der Waals surface area contributed by atoms with E-state index in [0.29, 0.717) is 5.82 Å². The van der Waals surface area contributed by atoms with Gasteiger partial charge in [-0.05, 0) is 90.7 Å². The molecule has 0 fully saturated rings. The van der Waals surface area contributed by atoms with Crippen LogP contribution in [0.3, 0.4) is 0 Å². The van der Waals surface area contributed by atoms with Gasteiger partial charge in [-0.25, -0.2) is 4.98 Å². The summed E-state index contributed by atoms with van der Waals surface area (Å²) >= 11 is 28.8. The molecule has 160 valence electrons. The number of anilines is 2. The van der Waals surface area contributed by atoms with E-state index < -0.39 is 3.79 Å². The number of rotatable bonds is 0. The maximum Gasteiger partial charge on any atom is 0.248 e. The minimum Gasteiger partial charge on any atom is -0.397 e. The van der Waals surface area contributed by atoms with Gasteiger partial charge in [-0.3, -0.25) is 0 Å². The number of halogens is 6. The first-order valence-electron chi connectivity index (χ1n) is 9.44. The Hall–Kier alpha value is -0.180. The van der Waals surface area contributed by atoms with E-state index in [9.17, 15) is 0 Å². The van der Waals surface area contributed by atoms with Gasteiger partial charge in [-0.1, -0.05) is 46.9 Å². The molecule has 2 aliphatic heterocycles. The van der Waals surface area contributed by atoms with E-state index in [1.807, 2.05) is 16.7 Å². The normalized spacial score (nSPS) is 15.3. The van der Waals surface area contributed by atoms with Crippen LogP contribution in [0.15, 0.2) is 31.6 Å². The molecular formula is C20H18Br3Cl3N4. The number of nitrogens with zero attached hydrogens (tertiary/aromatic N) is 2. The van der Waals surface area contributed by atoms with E-state index in [1.165, 1.54) is 17.5 Å². The zero-order valence-electron chi connectivity index (χ0n) is 15.7. The quantitative estimate of drug-likeness (QED) is 0.148. The highest BCUT2D eigenvalue weighted by molar-refractivity contribution is 9.14. The third-order valence-corrected chi connectivity index (χ3v) is 9.29. The van der Waals surface area contributed by atoms with Crippen molar-refractivity contribution in [3.63, 3.8) is 0 Å². The van der Waals surface area contributed by atoms with Crippen LogP contribution >= 0.6 is 82.6 Å². The Bertz CT molecular complexity index is 1130. The van der Waals surface area contributed by atoms with Gasteiger partial charge in [0.05, 0.1) is 21.4 Å². The number of hydrogen-bond acceptors (Lipinski definition) is 3. The smallest absolute Gasteiger partial charge is 0.248 e. The SMILES string of the molecule is ClC(Cl)(Cl)c1nc2c(Br)c(Br)c(Br)c3c2n1CCC3.Nc1cccc2c1NCCC2. The minimum absolute atomic E-state index is 0.471. The van der Waals surface area contributed by atoms with Crippen molar-refractivity contribution in [2.75, 3.05) is 17.6 Å². The molecule has 4 nitrogen and oxygen atoms in total. The molecule has 0 unspecified atom stereocenters. The summed E-state index contributed by atoms with van der Waals surface area (Å²) in [6.07, 6.45) is 4.36. The van der Waals surface area contributed by atoms with E-state index >= 15 is 0 Å². The molecule has 5 rings (SSSR count). The van der Waals surface area contributed by atoms with Gasteiger partial charge < -0.3 is 15.6 Å². The molecule has 0 spiro atoms. The second kappa shape index (κ2) is 8.99. The number of nitrogens with one attached hydrogen (secondary N) is 1. The number of benzene rings is 2. The number of imidazole rings is 1. The standard InChI is InChI=1S/C11H6Br3Cl3N2.C9H12N2/c12-5-4-2-1-3-19-9(4)8(7(14)6(5)13)18-10(19)11(15,16)17;10-8-5-1-3-7-4-2-6-11-9(7)8/h1-3H2;1,3,5,11H,2,4,6,10H2. The predicted octanol–water partition coefficient (Wildman–Crippen LogP) is 7.72. The van der Waals surface area contributed by atoms with Crippen molar-refractivity contribution in [1.82, 2.24) is 9.55 Å². The molecule has 0 aliphatic carbocycles. The molecule has 0 radical (unpaired) electrons. The number of nitrogen functional groups attached to an aromatic ring is 1. The summed E-state index contributed by atoms with van der Waals surface area (Å²) in [5.74, 6) is 0.471. The summed E-state index contributed by atoms with van der Waals surface area (Å²) in [7, 11) is 0. The Balaban J connectivity index is 0.000000168. The highest BCUT2D eigenvalue weighted by Crippen LogP contribution is 2.46. The summed E-state index contributed by atoms with van der Waals surface area (Å²) in [6, 6.07) is 6.09. The lowest BCUT2D eigenvalue weighted by Crippen LogP contribution is -2.16. The fourth-order valence-electron chi connectivity index (χ4n) is 3.96. The van der Waals surface area contributed by atoms with E-state index in [1.54, 1.807) is 0 Å². The van der Waals surface area contributed by atoms with Crippen molar-refractivity contribution in [2.24, 2.45) is 0 Å². The van der Waals surface area contributed by atoms with Gasteiger partial charge in [0.15, 0.2) is 5.82 Å². The molecule has 0 bridgehead atoms. The number of aromatic nitrogens is 2. The van der Waals surface area contributed by atoms with Gasteiger partial charge in [0, 0.05) is 22.0 Å². The van der Waals surface area contributed by atoms with Gasteiger partial charge in [-0.15, -0.1) is 0 Å². The van der Waals surface area contributed by atoms with Crippen LogP contribution in [-0.4, -0.2) is 16.1 Å². The van der Waals surface area contributed by atoms with Crippen molar-refractivity contribution in [2.45, 2.75) is 36.0 Å². The maximum absolute atomic E-state index is 6.03. The number of hydrogen-bond donors (Lipinski definition) is 2. The number of nitrogens with two attached hydrogens (primary N) is 1. The van der Waals surface area contributed by atoms with E-state index in [0.717, 1.165) is 68.2 Å². The molecule has 10 heteroatoms. The van der Waals surface area contributed by atoms with Gasteiger partial charge in [-0.2, -0.15) is 0 Å². The Kier molecular flexibility index (Phi) is 6.89. The van der Waals surface area contributed by atoms with Crippen molar-refractivity contribution in [3.05, 3.63) is 48.6 Å². The number of aryl methyl sites for hydroxylation is 3. The second-order valence-corrected chi connectivity index (χ2v) is 11.9. The second-order valence-electron chi connectivity index (χ2n) is 7.22. The Morgan fingerprint density at radius 3 is 2.50 bits per heavy atom.